The number of aromatic nitrogens is 3. The third-order valence-corrected chi connectivity index (χ3v) is 4.11. The molecule has 8 heteroatoms. The molecule has 5 nitrogen and oxygen atoms in total. The van der Waals surface area contributed by atoms with E-state index in [0.29, 0.717) is 22.4 Å². The molecule has 1 amide bonds. The van der Waals surface area contributed by atoms with Crippen LogP contribution < -0.4 is 5.32 Å². The maximum atomic E-state index is 13.9. The highest BCUT2D eigenvalue weighted by Crippen LogP contribution is 2.26. The summed E-state index contributed by atoms with van der Waals surface area (Å²) in [7, 11) is 1.71. The molecule has 0 unspecified atom stereocenters. The van der Waals surface area contributed by atoms with Gasteiger partial charge in [0.1, 0.15) is 0 Å². The Morgan fingerprint density at radius 1 is 1.19 bits per heavy atom. The van der Waals surface area contributed by atoms with Gasteiger partial charge in [-0.05, 0) is 31.0 Å². The second-order valence-electron chi connectivity index (χ2n) is 6.33. The predicted molar refractivity (Wildman–Crippen MR) is 91.6 cm³/mol. The molecule has 0 aliphatic rings. The van der Waals surface area contributed by atoms with Gasteiger partial charge in [-0.25, -0.2) is 18.2 Å². The Balaban J connectivity index is 2.12. The largest absolute Gasteiger partial charge is 0.319 e. The molecule has 3 aromatic rings. The van der Waals surface area contributed by atoms with E-state index >= 15 is 0 Å². The molecule has 0 saturated carbocycles. The first-order valence-corrected chi connectivity index (χ1v) is 7.99. The quantitative estimate of drug-likeness (QED) is 0.715. The normalized spacial score (nSPS) is 11.4. The fourth-order valence-electron chi connectivity index (χ4n) is 2.75. The lowest BCUT2D eigenvalue weighted by atomic mass is 10.0. The monoisotopic (exact) mass is 362 g/mol. The molecule has 3 rings (SSSR count). The first-order valence-electron chi connectivity index (χ1n) is 7.99. The van der Waals surface area contributed by atoms with Gasteiger partial charge in [-0.15, -0.1) is 0 Å². The highest BCUT2D eigenvalue weighted by atomic mass is 19.2. The van der Waals surface area contributed by atoms with Crippen molar-refractivity contribution >= 4 is 22.6 Å². The summed E-state index contributed by atoms with van der Waals surface area (Å²) in [6.07, 6.45) is 0. The Morgan fingerprint density at radius 3 is 2.54 bits per heavy atom. The van der Waals surface area contributed by atoms with Gasteiger partial charge < -0.3 is 5.32 Å². The number of benzene rings is 1. The highest BCUT2D eigenvalue weighted by molar-refractivity contribution is 6.12. The summed E-state index contributed by atoms with van der Waals surface area (Å²) in [5.74, 6) is -5.02. The molecule has 0 saturated heterocycles. The number of carbonyl (C=O) groups is 1. The number of amides is 1. The van der Waals surface area contributed by atoms with Gasteiger partial charge in [0.2, 0.25) is 0 Å². The fraction of sp³-hybridized carbons (Fsp3) is 0.278. The molecule has 2 heterocycles. The van der Waals surface area contributed by atoms with Crippen molar-refractivity contribution in [2.75, 3.05) is 5.32 Å². The topological polar surface area (TPSA) is 59.8 Å². The van der Waals surface area contributed by atoms with E-state index in [0.717, 1.165) is 12.1 Å². The van der Waals surface area contributed by atoms with E-state index in [9.17, 15) is 18.0 Å². The minimum Gasteiger partial charge on any atom is -0.319 e. The van der Waals surface area contributed by atoms with Crippen LogP contribution in [0.4, 0.5) is 18.9 Å². The lowest BCUT2D eigenvalue weighted by Crippen LogP contribution is -2.15. The summed E-state index contributed by atoms with van der Waals surface area (Å²) in [5.41, 5.74) is 1.57. The van der Waals surface area contributed by atoms with E-state index in [-0.39, 0.29) is 11.5 Å². The molecule has 0 atom stereocenters. The third-order valence-electron chi connectivity index (χ3n) is 4.11. The molecule has 0 fully saturated rings. The molecule has 0 bridgehead atoms. The number of nitrogens with one attached hydrogen (secondary N) is 1. The van der Waals surface area contributed by atoms with Crippen molar-refractivity contribution in [2.24, 2.45) is 7.05 Å². The van der Waals surface area contributed by atoms with Crippen molar-refractivity contribution in [3.63, 3.8) is 0 Å². The van der Waals surface area contributed by atoms with Gasteiger partial charge in [-0.2, -0.15) is 5.10 Å². The van der Waals surface area contributed by atoms with Crippen molar-refractivity contribution in [1.29, 1.82) is 0 Å². The second-order valence-corrected chi connectivity index (χ2v) is 6.33. The SMILES string of the molecule is Cc1nn(C)c2nc(C(C)C)cc(C(=O)Nc3ccc(F)c(F)c3F)c12. The van der Waals surface area contributed by atoms with E-state index in [4.69, 9.17) is 0 Å². The van der Waals surface area contributed by atoms with Gasteiger partial charge in [0.25, 0.3) is 5.91 Å². The summed E-state index contributed by atoms with van der Waals surface area (Å²) in [4.78, 5) is 17.3. The van der Waals surface area contributed by atoms with E-state index < -0.39 is 29.0 Å². The molecule has 136 valence electrons. The lowest BCUT2D eigenvalue weighted by Gasteiger charge is -2.11. The van der Waals surface area contributed by atoms with Crippen LogP contribution in [0.1, 0.15) is 41.5 Å². The van der Waals surface area contributed by atoms with Crippen LogP contribution >= 0.6 is 0 Å². The molecule has 0 radical (unpaired) electrons. The summed E-state index contributed by atoms with van der Waals surface area (Å²) in [5, 5.41) is 7.10. The van der Waals surface area contributed by atoms with Crippen LogP contribution in [0.3, 0.4) is 0 Å². The average Bonchev–Trinajstić information content (AvgIpc) is 2.89. The maximum Gasteiger partial charge on any atom is 0.256 e. The number of aryl methyl sites for hydroxylation is 2. The van der Waals surface area contributed by atoms with Crippen molar-refractivity contribution in [2.45, 2.75) is 26.7 Å². The fourth-order valence-corrected chi connectivity index (χ4v) is 2.75. The van der Waals surface area contributed by atoms with E-state index in [1.54, 1.807) is 24.7 Å². The molecule has 1 N–H and O–H groups in total. The van der Waals surface area contributed by atoms with Crippen molar-refractivity contribution in [3.8, 4) is 0 Å². The molecular weight excluding hydrogens is 345 g/mol. The number of halogens is 3. The van der Waals surface area contributed by atoms with Crippen LogP contribution in [0.25, 0.3) is 11.0 Å². The zero-order valence-electron chi connectivity index (χ0n) is 14.7. The molecule has 26 heavy (non-hydrogen) atoms. The van der Waals surface area contributed by atoms with Crippen LogP contribution in [-0.2, 0) is 7.05 Å². The molecule has 0 spiro atoms. The number of carbonyl (C=O) groups excluding carboxylic acids is 1. The Bertz CT molecular complexity index is 1030. The van der Waals surface area contributed by atoms with Crippen molar-refractivity contribution in [1.82, 2.24) is 14.8 Å². The minimum absolute atomic E-state index is 0.0427. The molecular formula is C18H17F3N4O. The first kappa shape index (κ1) is 17.9. The average molecular weight is 362 g/mol. The van der Waals surface area contributed by atoms with E-state index in [1.165, 1.54) is 0 Å². The number of hydrogen-bond donors (Lipinski definition) is 1. The van der Waals surface area contributed by atoms with Crippen LogP contribution in [0, 0.1) is 24.4 Å². The van der Waals surface area contributed by atoms with Crippen LogP contribution in [0.2, 0.25) is 0 Å². The standard InChI is InChI=1S/C18H17F3N4O/c1-8(2)13-7-10(14-9(3)24-25(4)17(14)22-13)18(26)23-12-6-5-11(19)15(20)16(12)21/h5-8H,1-4H3,(H,23,26). The van der Waals surface area contributed by atoms with Gasteiger partial charge >= 0.3 is 0 Å². The zero-order chi connectivity index (χ0) is 19.2. The molecule has 2 aromatic heterocycles. The Morgan fingerprint density at radius 2 is 1.88 bits per heavy atom. The van der Waals surface area contributed by atoms with Crippen molar-refractivity contribution < 1.29 is 18.0 Å². The zero-order valence-corrected chi connectivity index (χ0v) is 14.7. The van der Waals surface area contributed by atoms with Crippen LogP contribution in [0.15, 0.2) is 18.2 Å². The predicted octanol–water partition coefficient (Wildman–Crippen LogP) is 4.07. The Hall–Kier alpha value is -2.90. The van der Waals surface area contributed by atoms with Gasteiger partial charge in [-0.1, -0.05) is 13.8 Å². The van der Waals surface area contributed by atoms with Gasteiger partial charge in [-0.3, -0.25) is 9.48 Å². The summed E-state index contributed by atoms with van der Waals surface area (Å²) in [6, 6.07) is 3.34. The van der Waals surface area contributed by atoms with Gasteiger partial charge in [0.05, 0.1) is 22.3 Å². The van der Waals surface area contributed by atoms with Gasteiger partial charge in [0, 0.05) is 12.7 Å². The Labute approximate surface area is 147 Å². The number of anilines is 1. The summed E-state index contributed by atoms with van der Waals surface area (Å²) < 4.78 is 41.9. The summed E-state index contributed by atoms with van der Waals surface area (Å²) >= 11 is 0. The number of nitrogens with zero attached hydrogens (tertiary/aromatic N) is 3. The molecule has 0 aliphatic heterocycles. The van der Waals surface area contributed by atoms with Crippen LogP contribution in [-0.4, -0.2) is 20.7 Å². The maximum absolute atomic E-state index is 13.9. The van der Waals surface area contributed by atoms with Gasteiger partial charge in [0.15, 0.2) is 23.1 Å². The van der Waals surface area contributed by atoms with E-state index in [1.807, 2.05) is 13.8 Å². The third kappa shape index (κ3) is 2.91. The van der Waals surface area contributed by atoms with E-state index in [2.05, 4.69) is 15.4 Å². The van der Waals surface area contributed by atoms with Crippen molar-refractivity contribution in [3.05, 3.63) is 52.6 Å². The number of pyridine rings is 1. The number of rotatable bonds is 3. The highest BCUT2D eigenvalue weighted by Gasteiger charge is 2.21. The molecule has 1 aromatic carbocycles. The second kappa shape index (κ2) is 6.44. The Kier molecular flexibility index (Phi) is 4.43. The first-order chi connectivity index (χ1) is 12.2. The smallest absolute Gasteiger partial charge is 0.256 e. The summed E-state index contributed by atoms with van der Waals surface area (Å²) in [6.45, 7) is 5.58. The lowest BCUT2D eigenvalue weighted by molar-refractivity contribution is 0.102. The molecule has 0 aliphatic carbocycles. The number of fused-ring (bicyclic) bond motifs is 1. The van der Waals surface area contributed by atoms with Crippen LogP contribution in [0.5, 0.6) is 0 Å². The number of hydrogen-bond acceptors (Lipinski definition) is 3. The minimum atomic E-state index is -1.64.